The zero-order chi connectivity index (χ0) is 22.7. The monoisotopic (exact) mass is 438 g/mol. The molecule has 2 aliphatic rings. The minimum absolute atomic E-state index is 0.0387. The zero-order valence-corrected chi connectivity index (χ0v) is 18.1. The third-order valence-electron chi connectivity index (χ3n) is 6.03. The van der Waals surface area contributed by atoms with E-state index in [2.05, 4.69) is 4.90 Å². The Balaban J connectivity index is 1.66. The van der Waals surface area contributed by atoms with E-state index in [1.807, 2.05) is 31.2 Å². The van der Waals surface area contributed by atoms with E-state index in [1.54, 1.807) is 4.90 Å². The van der Waals surface area contributed by atoms with E-state index >= 15 is 0 Å². The molecular formula is C25H27FN2O4. The molecule has 1 atom stereocenters. The van der Waals surface area contributed by atoms with Crippen LogP contribution in [0.2, 0.25) is 0 Å². The lowest BCUT2D eigenvalue weighted by molar-refractivity contribution is -0.140. The van der Waals surface area contributed by atoms with Crippen LogP contribution in [0.15, 0.2) is 54.1 Å². The Morgan fingerprint density at radius 3 is 2.34 bits per heavy atom. The number of ketones is 1. The van der Waals surface area contributed by atoms with Crippen LogP contribution in [0, 0.1) is 12.7 Å². The lowest BCUT2D eigenvalue weighted by atomic mass is 9.94. The van der Waals surface area contributed by atoms with Gasteiger partial charge in [0.25, 0.3) is 11.7 Å². The third kappa shape index (κ3) is 4.59. The summed E-state index contributed by atoms with van der Waals surface area (Å²) >= 11 is 0. The standard InChI is InChI=1S/C25H27FN2O4/c1-17-3-5-18(6-4-17)22-21(23(29)19-7-9-20(26)10-8-19)24(30)25(31)28(22)12-2-11-27-13-15-32-16-14-27/h3-10,22,29H,2,11-16H2,1H3/t22-/m0/s1. The maximum atomic E-state index is 13.4. The van der Waals surface area contributed by atoms with E-state index in [0.717, 1.165) is 30.8 Å². The Hall–Kier alpha value is -3.03. The molecule has 0 aliphatic carbocycles. The van der Waals surface area contributed by atoms with E-state index in [0.29, 0.717) is 31.7 Å². The van der Waals surface area contributed by atoms with Crippen LogP contribution in [0.3, 0.4) is 0 Å². The molecule has 6 nitrogen and oxygen atoms in total. The highest BCUT2D eigenvalue weighted by molar-refractivity contribution is 6.46. The molecule has 1 amide bonds. The van der Waals surface area contributed by atoms with Gasteiger partial charge in [-0.05, 0) is 43.2 Å². The van der Waals surface area contributed by atoms with Gasteiger partial charge in [0.2, 0.25) is 0 Å². The first-order chi connectivity index (χ1) is 15.5. The minimum Gasteiger partial charge on any atom is -0.507 e. The number of halogens is 1. The third-order valence-corrected chi connectivity index (χ3v) is 6.03. The fourth-order valence-corrected chi connectivity index (χ4v) is 4.26. The van der Waals surface area contributed by atoms with Gasteiger partial charge < -0.3 is 14.7 Å². The number of hydrogen-bond acceptors (Lipinski definition) is 5. The van der Waals surface area contributed by atoms with Gasteiger partial charge in [0, 0.05) is 31.7 Å². The Morgan fingerprint density at radius 2 is 1.69 bits per heavy atom. The molecule has 32 heavy (non-hydrogen) atoms. The number of morpholine rings is 1. The summed E-state index contributed by atoms with van der Waals surface area (Å²) in [5, 5.41) is 11.0. The first-order valence-electron chi connectivity index (χ1n) is 10.9. The summed E-state index contributed by atoms with van der Waals surface area (Å²) in [5.41, 5.74) is 2.15. The lowest BCUT2D eigenvalue weighted by Crippen LogP contribution is -2.38. The molecule has 2 fully saturated rings. The molecule has 0 bridgehead atoms. The van der Waals surface area contributed by atoms with Crippen molar-refractivity contribution in [1.29, 1.82) is 0 Å². The van der Waals surface area contributed by atoms with Crippen LogP contribution in [0.1, 0.15) is 29.2 Å². The molecule has 1 N–H and O–H groups in total. The van der Waals surface area contributed by atoms with Crippen molar-refractivity contribution in [3.05, 3.63) is 76.6 Å². The molecule has 168 valence electrons. The number of amides is 1. The van der Waals surface area contributed by atoms with E-state index < -0.39 is 23.5 Å². The molecule has 7 heteroatoms. The normalized spacial score (nSPS) is 21.3. The number of nitrogens with zero attached hydrogens (tertiary/aromatic N) is 2. The molecule has 0 unspecified atom stereocenters. The Kier molecular flexibility index (Phi) is 6.67. The second-order valence-electron chi connectivity index (χ2n) is 8.22. The van der Waals surface area contributed by atoms with E-state index in [4.69, 9.17) is 4.74 Å². The van der Waals surface area contributed by atoms with Crippen molar-refractivity contribution in [2.24, 2.45) is 0 Å². The van der Waals surface area contributed by atoms with Crippen LogP contribution < -0.4 is 0 Å². The Morgan fingerprint density at radius 1 is 1.03 bits per heavy atom. The molecule has 0 saturated carbocycles. The Bertz CT molecular complexity index is 1010. The van der Waals surface area contributed by atoms with Gasteiger partial charge in [-0.1, -0.05) is 29.8 Å². The number of rotatable bonds is 6. The van der Waals surface area contributed by atoms with Gasteiger partial charge in [0.15, 0.2) is 0 Å². The highest BCUT2D eigenvalue weighted by atomic mass is 19.1. The topological polar surface area (TPSA) is 70.1 Å². The molecule has 2 aromatic rings. The van der Waals surface area contributed by atoms with Crippen LogP contribution in [0.4, 0.5) is 4.39 Å². The van der Waals surface area contributed by atoms with Crippen LogP contribution in [-0.4, -0.2) is 66.0 Å². The number of aliphatic hydroxyl groups is 1. The SMILES string of the molecule is Cc1ccc([C@H]2C(=C(O)c3ccc(F)cc3)C(=O)C(=O)N2CCCN2CCOCC2)cc1. The largest absolute Gasteiger partial charge is 0.507 e. The smallest absolute Gasteiger partial charge is 0.295 e. The van der Waals surface area contributed by atoms with Gasteiger partial charge >= 0.3 is 0 Å². The molecule has 0 spiro atoms. The number of carbonyl (C=O) groups excluding carboxylic acids is 2. The Labute approximate surface area is 186 Å². The van der Waals surface area contributed by atoms with Crippen LogP contribution in [0.25, 0.3) is 5.76 Å². The maximum Gasteiger partial charge on any atom is 0.295 e. The summed E-state index contributed by atoms with van der Waals surface area (Å²) in [6.45, 7) is 6.25. The summed E-state index contributed by atoms with van der Waals surface area (Å²) in [6, 6.07) is 12.1. The molecular weight excluding hydrogens is 411 g/mol. The summed E-state index contributed by atoms with van der Waals surface area (Å²) in [6.07, 6.45) is 0.700. The van der Waals surface area contributed by atoms with Crippen molar-refractivity contribution in [2.75, 3.05) is 39.4 Å². The molecule has 0 aromatic heterocycles. The minimum atomic E-state index is -0.719. The zero-order valence-electron chi connectivity index (χ0n) is 18.1. The van der Waals surface area contributed by atoms with E-state index in [9.17, 15) is 19.1 Å². The van der Waals surface area contributed by atoms with Crippen molar-refractivity contribution in [3.63, 3.8) is 0 Å². The predicted octanol–water partition coefficient (Wildman–Crippen LogP) is 3.28. The van der Waals surface area contributed by atoms with Crippen molar-refractivity contribution >= 4 is 17.4 Å². The quantitative estimate of drug-likeness (QED) is 0.426. The molecule has 4 rings (SSSR count). The van der Waals surface area contributed by atoms with Gasteiger partial charge in [0.1, 0.15) is 11.6 Å². The number of aryl methyl sites for hydroxylation is 1. The number of aliphatic hydroxyl groups excluding tert-OH is 1. The predicted molar refractivity (Wildman–Crippen MR) is 118 cm³/mol. The number of benzene rings is 2. The number of ether oxygens (including phenoxy) is 1. The fourth-order valence-electron chi connectivity index (χ4n) is 4.26. The summed E-state index contributed by atoms with van der Waals surface area (Å²) < 4.78 is 18.7. The molecule has 0 radical (unpaired) electrons. The highest BCUT2D eigenvalue weighted by Gasteiger charge is 2.45. The lowest BCUT2D eigenvalue weighted by Gasteiger charge is -2.29. The first-order valence-corrected chi connectivity index (χ1v) is 10.9. The van der Waals surface area contributed by atoms with Crippen LogP contribution in [0.5, 0.6) is 0 Å². The summed E-state index contributed by atoms with van der Waals surface area (Å²) in [5.74, 6) is -2.07. The number of Topliss-reactive ketones (excluding diaryl/α,β-unsaturated/α-hetero) is 1. The fraction of sp³-hybridized carbons (Fsp3) is 0.360. The van der Waals surface area contributed by atoms with E-state index in [1.165, 1.54) is 24.3 Å². The van der Waals surface area contributed by atoms with Crippen molar-refractivity contribution in [2.45, 2.75) is 19.4 Å². The van der Waals surface area contributed by atoms with Gasteiger partial charge in [0.05, 0.1) is 24.8 Å². The van der Waals surface area contributed by atoms with Gasteiger partial charge in [-0.3, -0.25) is 14.5 Å². The van der Waals surface area contributed by atoms with Crippen molar-refractivity contribution in [3.8, 4) is 0 Å². The molecule has 2 aliphatic heterocycles. The second-order valence-corrected chi connectivity index (χ2v) is 8.22. The van der Waals surface area contributed by atoms with E-state index in [-0.39, 0.29) is 11.3 Å². The first kappa shape index (κ1) is 22.2. The average Bonchev–Trinajstić information content (AvgIpc) is 3.05. The highest BCUT2D eigenvalue weighted by Crippen LogP contribution is 2.39. The maximum absolute atomic E-state index is 13.4. The van der Waals surface area contributed by atoms with Crippen LogP contribution in [-0.2, 0) is 14.3 Å². The molecule has 2 heterocycles. The second kappa shape index (κ2) is 9.63. The number of carbonyl (C=O) groups is 2. The van der Waals surface area contributed by atoms with Crippen LogP contribution >= 0.6 is 0 Å². The molecule has 2 saturated heterocycles. The van der Waals surface area contributed by atoms with Gasteiger partial charge in [-0.2, -0.15) is 0 Å². The summed E-state index contributed by atoms with van der Waals surface area (Å²) in [4.78, 5) is 29.8. The average molecular weight is 438 g/mol. The number of likely N-dealkylation sites (tertiary alicyclic amines) is 1. The van der Waals surface area contributed by atoms with Gasteiger partial charge in [-0.25, -0.2) is 4.39 Å². The van der Waals surface area contributed by atoms with Crippen molar-refractivity contribution < 1.29 is 23.8 Å². The van der Waals surface area contributed by atoms with Gasteiger partial charge in [-0.15, -0.1) is 0 Å². The summed E-state index contributed by atoms with van der Waals surface area (Å²) in [7, 11) is 0. The van der Waals surface area contributed by atoms with Crippen molar-refractivity contribution in [1.82, 2.24) is 9.80 Å². The number of hydrogen-bond donors (Lipinski definition) is 1. The molecule has 2 aromatic carbocycles.